The van der Waals surface area contributed by atoms with Crippen LogP contribution in [-0.2, 0) is 11.4 Å². The first-order chi connectivity index (χ1) is 16.4. The van der Waals surface area contributed by atoms with Gasteiger partial charge < -0.3 is 9.47 Å². The van der Waals surface area contributed by atoms with Crippen LogP contribution in [0, 0.1) is 17.0 Å². The third-order valence-electron chi connectivity index (χ3n) is 5.07. The van der Waals surface area contributed by atoms with Crippen LogP contribution in [0.15, 0.2) is 66.7 Å². The van der Waals surface area contributed by atoms with Gasteiger partial charge in [-0.25, -0.2) is 4.98 Å². The molecule has 0 spiro atoms. The van der Waals surface area contributed by atoms with Crippen molar-refractivity contribution in [2.45, 2.75) is 13.5 Å². The lowest BCUT2D eigenvalue weighted by molar-refractivity contribution is -0.384. The van der Waals surface area contributed by atoms with Gasteiger partial charge in [0, 0.05) is 18.2 Å². The molecule has 0 atom stereocenters. The standard InChI is InChI=1S/C25H21N3O5S/c1-16-5-3-4-6-18(16)15-33-21-11-7-17(13-22(21)32-2)8-12-24(29)27-25-26-20-10-9-19(28(30)31)14-23(20)34-25/h3-14H,15H2,1-2H3,(H,26,27,29)/b12-8+. The third kappa shape index (κ3) is 5.38. The summed E-state index contributed by atoms with van der Waals surface area (Å²) in [6.45, 7) is 2.46. The van der Waals surface area contributed by atoms with E-state index in [4.69, 9.17) is 9.47 Å². The molecule has 4 aromatic rings. The molecule has 34 heavy (non-hydrogen) atoms. The van der Waals surface area contributed by atoms with Gasteiger partial charge in [0.25, 0.3) is 5.69 Å². The van der Waals surface area contributed by atoms with Crippen molar-refractivity contribution < 1.29 is 19.2 Å². The van der Waals surface area contributed by atoms with E-state index in [2.05, 4.69) is 10.3 Å². The highest BCUT2D eigenvalue weighted by molar-refractivity contribution is 7.22. The predicted octanol–water partition coefficient (Wildman–Crippen LogP) is 5.75. The van der Waals surface area contributed by atoms with Crippen molar-refractivity contribution in [3.05, 3.63) is 93.5 Å². The molecule has 8 nitrogen and oxygen atoms in total. The Balaban J connectivity index is 1.41. The van der Waals surface area contributed by atoms with Gasteiger partial charge in [0.2, 0.25) is 5.91 Å². The van der Waals surface area contributed by atoms with E-state index in [-0.39, 0.29) is 11.6 Å². The maximum absolute atomic E-state index is 12.4. The van der Waals surface area contributed by atoms with Gasteiger partial charge in [-0.2, -0.15) is 0 Å². The minimum atomic E-state index is -0.465. The molecule has 0 fully saturated rings. The van der Waals surface area contributed by atoms with Gasteiger partial charge in [-0.15, -0.1) is 0 Å². The molecule has 0 radical (unpaired) electrons. The number of benzene rings is 3. The Labute approximate surface area is 199 Å². The second kappa shape index (κ2) is 10.1. The van der Waals surface area contributed by atoms with Crippen molar-refractivity contribution >= 4 is 44.4 Å². The number of methoxy groups -OCH3 is 1. The Bertz CT molecular complexity index is 1400. The van der Waals surface area contributed by atoms with Crippen LogP contribution in [0.1, 0.15) is 16.7 Å². The summed E-state index contributed by atoms with van der Waals surface area (Å²) < 4.78 is 12.0. The summed E-state index contributed by atoms with van der Waals surface area (Å²) in [5.74, 6) is 0.798. The van der Waals surface area contributed by atoms with Crippen molar-refractivity contribution in [2.75, 3.05) is 12.4 Å². The summed E-state index contributed by atoms with van der Waals surface area (Å²) in [4.78, 5) is 27.1. The predicted molar refractivity (Wildman–Crippen MR) is 132 cm³/mol. The van der Waals surface area contributed by atoms with Crippen LogP contribution < -0.4 is 14.8 Å². The van der Waals surface area contributed by atoms with Crippen molar-refractivity contribution in [3.63, 3.8) is 0 Å². The number of hydrogen-bond donors (Lipinski definition) is 1. The van der Waals surface area contributed by atoms with Crippen molar-refractivity contribution in [1.29, 1.82) is 0 Å². The van der Waals surface area contributed by atoms with Crippen molar-refractivity contribution in [1.82, 2.24) is 4.98 Å². The molecule has 0 aliphatic carbocycles. The molecule has 1 heterocycles. The molecule has 172 valence electrons. The number of non-ortho nitro benzene ring substituents is 1. The third-order valence-corrected chi connectivity index (χ3v) is 6.01. The number of anilines is 1. The van der Waals surface area contributed by atoms with Crippen LogP contribution in [-0.4, -0.2) is 22.9 Å². The number of carbonyl (C=O) groups excluding carboxylic acids is 1. The second-order valence-corrected chi connectivity index (χ2v) is 8.41. The number of nitro benzene ring substituents is 1. The van der Waals surface area contributed by atoms with Gasteiger partial charge in [-0.1, -0.05) is 41.7 Å². The molecule has 0 aliphatic heterocycles. The number of ether oxygens (including phenoxy) is 2. The number of thiazole rings is 1. The zero-order chi connectivity index (χ0) is 24.1. The maximum atomic E-state index is 12.4. The molecule has 1 amide bonds. The summed E-state index contributed by atoms with van der Waals surface area (Å²) in [7, 11) is 1.56. The maximum Gasteiger partial charge on any atom is 0.270 e. The largest absolute Gasteiger partial charge is 0.493 e. The van der Waals surface area contributed by atoms with Crippen molar-refractivity contribution in [3.8, 4) is 11.5 Å². The molecule has 9 heteroatoms. The molecule has 1 N–H and O–H groups in total. The minimum Gasteiger partial charge on any atom is -0.493 e. The summed E-state index contributed by atoms with van der Waals surface area (Å²) >= 11 is 1.17. The van der Waals surface area contributed by atoms with Crippen molar-refractivity contribution in [2.24, 2.45) is 0 Å². The fourth-order valence-electron chi connectivity index (χ4n) is 3.23. The highest BCUT2D eigenvalue weighted by Gasteiger charge is 2.11. The molecule has 0 bridgehead atoms. The molecule has 0 saturated heterocycles. The lowest BCUT2D eigenvalue weighted by atomic mass is 10.1. The average Bonchev–Trinajstić information content (AvgIpc) is 3.23. The van der Waals surface area contributed by atoms with Crippen LogP contribution in [0.3, 0.4) is 0 Å². The zero-order valence-electron chi connectivity index (χ0n) is 18.5. The van der Waals surface area contributed by atoms with Gasteiger partial charge in [0.15, 0.2) is 16.6 Å². The highest BCUT2D eigenvalue weighted by Crippen LogP contribution is 2.30. The number of aryl methyl sites for hydroxylation is 1. The van der Waals surface area contributed by atoms with Gasteiger partial charge in [0.1, 0.15) is 6.61 Å². The molecule has 0 aliphatic rings. The monoisotopic (exact) mass is 475 g/mol. The molecule has 0 unspecified atom stereocenters. The van der Waals surface area contributed by atoms with Crippen LogP contribution in [0.4, 0.5) is 10.8 Å². The first kappa shape index (κ1) is 22.9. The fraction of sp³-hybridized carbons (Fsp3) is 0.120. The van der Waals surface area contributed by atoms with Crippen LogP contribution in [0.5, 0.6) is 11.5 Å². The number of nitrogens with one attached hydrogen (secondary N) is 1. The number of hydrogen-bond acceptors (Lipinski definition) is 7. The van der Waals surface area contributed by atoms with E-state index in [1.54, 1.807) is 31.4 Å². The first-order valence-corrected chi connectivity index (χ1v) is 11.1. The number of amides is 1. The van der Waals surface area contributed by atoms with Crippen LogP contribution >= 0.6 is 11.3 Å². The summed E-state index contributed by atoms with van der Waals surface area (Å²) in [5, 5.41) is 14.0. The normalized spacial score (nSPS) is 11.0. The van der Waals surface area contributed by atoms with Crippen LogP contribution in [0.2, 0.25) is 0 Å². The number of carbonyl (C=O) groups is 1. The van der Waals surface area contributed by atoms with E-state index in [1.807, 2.05) is 37.3 Å². The quantitative estimate of drug-likeness (QED) is 0.198. The average molecular weight is 476 g/mol. The molecule has 3 aromatic carbocycles. The van der Waals surface area contributed by atoms with E-state index >= 15 is 0 Å². The Kier molecular flexibility index (Phi) is 6.84. The number of aromatic nitrogens is 1. The summed E-state index contributed by atoms with van der Waals surface area (Å²) in [6.07, 6.45) is 3.04. The van der Waals surface area contributed by atoms with Gasteiger partial charge in [0.05, 0.1) is 22.2 Å². The number of rotatable bonds is 8. The highest BCUT2D eigenvalue weighted by atomic mass is 32.1. The van der Waals surface area contributed by atoms with E-state index in [1.165, 1.54) is 29.5 Å². The first-order valence-electron chi connectivity index (χ1n) is 10.3. The molecular weight excluding hydrogens is 454 g/mol. The SMILES string of the molecule is COc1cc(/C=C/C(=O)Nc2nc3ccc([N+](=O)[O-])cc3s2)ccc1OCc1ccccc1C. The minimum absolute atomic E-state index is 0.0193. The Morgan fingerprint density at radius 1 is 1.15 bits per heavy atom. The molecule has 1 aromatic heterocycles. The number of fused-ring (bicyclic) bond motifs is 1. The lowest BCUT2D eigenvalue weighted by Crippen LogP contribution is -2.07. The summed E-state index contributed by atoms with van der Waals surface area (Å²) in [5.41, 5.74) is 3.57. The smallest absolute Gasteiger partial charge is 0.270 e. The Hall–Kier alpha value is -4.24. The van der Waals surface area contributed by atoms with E-state index in [9.17, 15) is 14.9 Å². The van der Waals surface area contributed by atoms with Gasteiger partial charge in [-0.3, -0.25) is 20.2 Å². The van der Waals surface area contributed by atoms with Crippen LogP contribution in [0.25, 0.3) is 16.3 Å². The molecule has 4 rings (SSSR count). The Morgan fingerprint density at radius 3 is 2.74 bits per heavy atom. The van der Waals surface area contributed by atoms with Gasteiger partial charge >= 0.3 is 0 Å². The summed E-state index contributed by atoms with van der Waals surface area (Å²) in [6, 6.07) is 17.8. The topological polar surface area (TPSA) is 104 Å². The second-order valence-electron chi connectivity index (χ2n) is 7.38. The molecule has 0 saturated carbocycles. The van der Waals surface area contributed by atoms with E-state index < -0.39 is 4.92 Å². The Morgan fingerprint density at radius 2 is 1.97 bits per heavy atom. The fourth-order valence-corrected chi connectivity index (χ4v) is 4.14. The lowest BCUT2D eigenvalue weighted by Gasteiger charge is -2.12. The number of nitro groups is 1. The van der Waals surface area contributed by atoms with E-state index in [0.29, 0.717) is 33.5 Å². The molecular formula is C25H21N3O5S. The number of nitrogens with zero attached hydrogens (tertiary/aromatic N) is 2. The van der Waals surface area contributed by atoms with E-state index in [0.717, 1.165) is 16.7 Å². The zero-order valence-corrected chi connectivity index (χ0v) is 19.3. The van der Waals surface area contributed by atoms with Gasteiger partial charge in [-0.05, 0) is 47.9 Å².